The fraction of sp³-hybridized carbons (Fsp3) is 0.200. The molecule has 2 rings (SSSR count). The molecular weight excluding hydrogens is 327 g/mol. The summed E-state index contributed by atoms with van der Waals surface area (Å²) in [5, 5.41) is 3.58. The highest BCUT2D eigenvalue weighted by Crippen LogP contribution is 2.27. The van der Waals surface area contributed by atoms with Gasteiger partial charge >= 0.3 is 0 Å². The van der Waals surface area contributed by atoms with Gasteiger partial charge in [-0.2, -0.15) is 0 Å². The topological polar surface area (TPSA) is 60.5 Å². The van der Waals surface area contributed by atoms with Gasteiger partial charge in [-0.15, -0.1) is 0 Å². The van der Waals surface area contributed by atoms with E-state index < -0.39 is 0 Å². The van der Waals surface area contributed by atoms with E-state index in [1.807, 2.05) is 6.07 Å². The fourth-order valence-electron chi connectivity index (χ4n) is 1.72. The zero-order chi connectivity index (χ0) is 15.9. The van der Waals surface area contributed by atoms with E-state index in [0.29, 0.717) is 28.2 Å². The Kier molecular flexibility index (Phi) is 5.86. The number of nitrogens with zero attached hydrogens (tertiary/aromatic N) is 1. The van der Waals surface area contributed by atoms with Gasteiger partial charge in [-0.1, -0.05) is 29.3 Å². The van der Waals surface area contributed by atoms with Crippen LogP contribution in [0.4, 0.5) is 0 Å². The molecule has 1 aromatic carbocycles. The third-order valence-electron chi connectivity index (χ3n) is 2.77. The summed E-state index contributed by atoms with van der Waals surface area (Å²) in [6.45, 7) is 0.150. The first-order valence-electron chi connectivity index (χ1n) is 6.42. The largest absolute Gasteiger partial charge is 0.482 e. The minimum atomic E-state index is -0.281. The molecule has 1 aromatic heterocycles. The number of rotatable bonds is 6. The third-order valence-corrected chi connectivity index (χ3v) is 3.30. The van der Waals surface area contributed by atoms with Gasteiger partial charge in [-0.05, 0) is 24.3 Å². The van der Waals surface area contributed by atoms with Crippen molar-refractivity contribution in [3.63, 3.8) is 0 Å². The fourth-order valence-corrected chi connectivity index (χ4v) is 2.19. The van der Waals surface area contributed by atoms with Crippen LogP contribution in [-0.4, -0.2) is 24.6 Å². The number of amides is 1. The zero-order valence-electron chi connectivity index (χ0n) is 11.8. The second-order valence-electron chi connectivity index (χ2n) is 4.31. The summed E-state index contributed by atoms with van der Waals surface area (Å²) >= 11 is 11.7. The van der Waals surface area contributed by atoms with Crippen LogP contribution < -0.4 is 14.8 Å². The van der Waals surface area contributed by atoms with Gasteiger partial charge in [0, 0.05) is 23.3 Å². The van der Waals surface area contributed by atoms with E-state index in [1.54, 1.807) is 30.5 Å². The Labute approximate surface area is 138 Å². The molecule has 5 nitrogen and oxygen atoms in total. The molecule has 22 heavy (non-hydrogen) atoms. The van der Waals surface area contributed by atoms with Crippen LogP contribution in [0.15, 0.2) is 36.5 Å². The molecule has 0 saturated heterocycles. The Morgan fingerprint density at radius 2 is 2.14 bits per heavy atom. The van der Waals surface area contributed by atoms with Gasteiger partial charge in [-0.25, -0.2) is 4.98 Å². The van der Waals surface area contributed by atoms with Gasteiger partial charge in [0.05, 0.1) is 12.1 Å². The van der Waals surface area contributed by atoms with Crippen molar-refractivity contribution in [2.75, 3.05) is 13.7 Å². The number of ether oxygens (including phenoxy) is 2. The zero-order valence-corrected chi connectivity index (χ0v) is 13.3. The molecule has 116 valence electrons. The lowest BCUT2D eigenvalue weighted by Crippen LogP contribution is -2.28. The predicted octanol–water partition coefficient (Wildman–Crippen LogP) is 3.09. The van der Waals surface area contributed by atoms with E-state index in [4.69, 9.17) is 32.7 Å². The second kappa shape index (κ2) is 7.87. The van der Waals surface area contributed by atoms with Crippen LogP contribution in [0.5, 0.6) is 11.6 Å². The van der Waals surface area contributed by atoms with Gasteiger partial charge in [0.2, 0.25) is 5.88 Å². The molecule has 0 aliphatic heterocycles. The molecule has 1 N–H and O–H groups in total. The first kappa shape index (κ1) is 16.4. The van der Waals surface area contributed by atoms with E-state index in [1.165, 1.54) is 7.11 Å². The summed E-state index contributed by atoms with van der Waals surface area (Å²) in [6.07, 6.45) is 1.62. The van der Waals surface area contributed by atoms with Crippen molar-refractivity contribution in [3.05, 3.63) is 52.1 Å². The highest BCUT2D eigenvalue weighted by atomic mass is 35.5. The quantitative estimate of drug-likeness (QED) is 0.877. The maximum Gasteiger partial charge on any atom is 0.258 e. The van der Waals surface area contributed by atoms with Crippen molar-refractivity contribution in [3.8, 4) is 11.6 Å². The van der Waals surface area contributed by atoms with Crippen LogP contribution in [0.1, 0.15) is 5.56 Å². The maximum atomic E-state index is 11.8. The summed E-state index contributed by atoms with van der Waals surface area (Å²) in [6, 6.07) is 8.40. The predicted molar refractivity (Wildman–Crippen MR) is 84.6 cm³/mol. The SMILES string of the molecule is COc1ncccc1CNC(=O)COc1ccc(Cl)cc1Cl. The molecule has 0 atom stereocenters. The van der Waals surface area contributed by atoms with Gasteiger partial charge in [0.25, 0.3) is 5.91 Å². The number of hydrogen-bond donors (Lipinski definition) is 1. The maximum absolute atomic E-state index is 11.8. The highest BCUT2D eigenvalue weighted by molar-refractivity contribution is 6.35. The summed E-state index contributed by atoms with van der Waals surface area (Å²) < 4.78 is 10.5. The number of carbonyl (C=O) groups is 1. The lowest BCUT2D eigenvalue weighted by Gasteiger charge is -2.10. The summed E-state index contributed by atoms with van der Waals surface area (Å²) in [4.78, 5) is 15.9. The lowest BCUT2D eigenvalue weighted by atomic mass is 10.2. The van der Waals surface area contributed by atoms with E-state index in [-0.39, 0.29) is 12.5 Å². The molecule has 0 unspecified atom stereocenters. The Bertz CT molecular complexity index is 665. The molecule has 7 heteroatoms. The van der Waals surface area contributed by atoms with Gasteiger partial charge in [0.1, 0.15) is 5.75 Å². The molecule has 0 spiro atoms. The number of hydrogen-bond acceptors (Lipinski definition) is 4. The van der Waals surface area contributed by atoms with Crippen LogP contribution in [0, 0.1) is 0 Å². The Hall–Kier alpha value is -1.98. The first-order chi connectivity index (χ1) is 10.6. The molecule has 0 fully saturated rings. The van der Waals surface area contributed by atoms with Crippen LogP contribution in [0.3, 0.4) is 0 Å². The molecule has 1 heterocycles. The standard InChI is InChI=1S/C15H14Cl2N2O3/c1-21-15-10(3-2-6-18-15)8-19-14(20)9-22-13-5-4-11(16)7-12(13)17/h2-7H,8-9H2,1H3,(H,19,20). The molecule has 2 aromatic rings. The Balaban J connectivity index is 1.85. The molecule has 0 aliphatic carbocycles. The number of benzene rings is 1. The van der Waals surface area contributed by atoms with Crippen molar-refractivity contribution in [1.82, 2.24) is 10.3 Å². The number of aromatic nitrogens is 1. The molecule has 0 bridgehead atoms. The van der Waals surface area contributed by atoms with Crippen molar-refractivity contribution in [2.45, 2.75) is 6.54 Å². The minimum absolute atomic E-state index is 0.149. The number of nitrogens with one attached hydrogen (secondary N) is 1. The van der Waals surface area contributed by atoms with Gasteiger partial charge in [-0.3, -0.25) is 4.79 Å². The monoisotopic (exact) mass is 340 g/mol. The van der Waals surface area contributed by atoms with E-state index in [9.17, 15) is 4.79 Å². The van der Waals surface area contributed by atoms with E-state index in [0.717, 1.165) is 5.56 Å². The minimum Gasteiger partial charge on any atom is -0.482 e. The molecule has 1 amide bonds. The van der Waals surface area contributed by atoms with E-state index in [2.05, 4.69) is 10.3 Å². The average Bonchev–Trinajstić information content (AvgIpc) is 2.52. The van der Waals surface area contributed by atoms with Crippen LogP contribution in [-0.2, 0) is 11.3 Å². The van der Waals surface area contributed by atoms with Crippen molar-refractivity contribution in [1.29, 1.82) is 0 Å². The van der Waals surface area contributed by atoms with Gasteiger partial charge in [0.15, 0.2) is 6.61 Å². The number of pyridine rings is 1. The highest BCUT2D eigenvalue weighted by Gasteiger charge is 2.08. The number of halogens is 2. The van der Waals surface area contributed by atoms with Gasteiger partial charge < -0.3 is 14.8 Å². The average molecular weight is 341 g/mol. The van der Waals surface area contributed by atoms with Crippen LogP contribution in [0.2, 0.25) is 10.0 Å². The second-order valence-corrected chi connectivity index (χ2v) is 5.16. The number of carbonyl (C=O) groups excluding carboxylic acids is 1. The van der Waals surface area contributed by atoms with Crippen molar-refractivity contribution in [2.24, 2.45) is 0 Å². The summed E-state index contributed by atoms with van der Waals surface area (Å²) in [5.41, 5.74) is 0.780. The Morgan fingerprint density at radius 3 is 2.86 bits per heavy atom. The first-order valence-corrected chi connectivity index (χ1v) is 7.18. The van der Waals surface area contributed by atoms with Crippen molar-refractivity contribution < 1.29 is 14.3 Å². The van der Waals surface area contributed by atoms with Crippen molar-refractivity contribution >= 4 is 29.1 Å². The molecule has 0 saturated carbocycles. The van der Waals surface area contributed by atoms with Crippen LogP contribution in [0.25, 0.3) is 0 Å². The molecule has 0 radical (unpaired) electrons. The third kappa shape index (κ3) is 4.51. The number of methoxy groups -OCH3 is 1. The molecular formula is C15H14Cl2N2O3. The van der Waals surface area contributed by atoms with E-state index >= 15 is 0 Å². The summed E-state index contributed by atoms with van der Waals surface area (Å²) in [5.74, 6) is 0.599. The lowest BCUT2D eigenvalue weighted by molar-refractivity contribution is -0.123. The molecule has 0 aliphatic rings. The smallest absolute Gasteiger partial charge is 0.258 e. The summed E-state index contributed by atoms with van der Waals surface area (Å²) in [7, 11) is 1.53. The normalized spacial score (nSPS) is 10.1. The van der Waals surface area contributed by atoms with Crippen LogP contribution >= 0.6 is 23.2 Å². The Morgan fingerprint density at radius 1 is 1.32 bits per heavy atom.